The van der Waals surface area contributed by atoms with Crippen LogP contribution in [0, 0.1) is 5.92 Å². The lowest BCUT2D eigenvalue weighted by atomic mass is 9.90. The van der Waals surface area contributed by atoms with Gasteiger partial charge in [-0.25, -0.2) is 0 Å². The van der Waals surface area contributed by atoms with E-state index in [4.69, 9.17) is 5.11 Å². The van der Waals surface area contributed by atoms with Crippen molar-refractivity contribution < 1.29 is 5.11 Å². The van der Waals surface area contributed by atoms with Gasteiger partial charge >= 0.3 is 0 Å². The van der Waals surface area contributed by atoms with Crippen LogP contribution in [-0.4, -0.2) is 122 Å². The minimum Gasteiger partial charge on any atom is -0.395 e. The first kappa shape index (κ1) is 19.1. The fraction of sp³-hybridized carbons (Fsp3) is 1.00. The molecule has 0 aliphatic carbocycles. The molecule has 0 saturated carbocycles. The summed E-state index contributed by atoms with van der Waals surface area (Å²) in [5.74, 6) is 0.818. The van der Waals surface area contributed by atoms with Crippen LogP contribution in [0.4, 0.5) is 0 Å². The zero-order valence-electron chi connectivity index (χ0n) is 16.5. The second kappa shape index (κ2) is 9.30. The number of aliphatic hydroxyl groups excluding tert-OH is 1. The molecule has 4 aliphatic heterocycles. The minimum atomic E-state index is 0.295. The Hall–Kier alpha value is -0.240. The number of piperidine rings is 1. The highest BCUT2D eigenvalue weighted by Gasteiger charge is 2.37. The van der Waals surface area contributed by atoms with Crippen LogP contribution in [0.1, 0.15) is 25.7 Å². The number of likely N-dealkylation sites (tertiary alicyclic amines) is 2. The summed E-state index contributed by atoms with van der Waals surface area (Å²) in [5, 5.41) is 12.8. The number of rotatable bonds is 6. The first-order valence-corrected chi connectivity index (χ1v) is 11.1. The number of hydrogen-bond donors (Lipinski definition) is 2. The van der Waals surface area contributed by atoms with E-state index >= 15 is 0 Å². The molecule has 0 aromatic carbocycles. The molecule has 2 N–H and O–H groups in total. The Kier molecular flexibility index (Phi) is 6.83. The number of hydrogen-bond acceptors (Lipinski definition) is 6. The zero-order chi connectivity index (χ0) is 17.8. The van der Waals surface area contributed by atoms with Crippen molar-refractivity contribution in [1.29, 1.82) is 0 Å². The van der Waals surface area contributed by atoms with E-state index in [1.165, 1.54) is 84.6 Å². The van der Waals surface area contributed by atoms with Crippen LogP contribution in [0.3, 0.4) is 0 Å². The lowest BCUT2D eigenvalue weighted by molar-refractivity contribution is 0.0645. The second-order valence-corrected chi connectivity index (χ2v) is 8.87. The number of nitrogens with one attached hydrogen (secondary N) is 1. The van der Waals surface area contributed by atoms with Gasteiger partial charge in [0.15, 0.2) is 0 Å². The Morgan fingerprint density at radius 2 is 1.62 bits per heavy atom. The fourth-order valence-corrected chi connectivity index (χ4v) is 5.68. The number of nitrogens with zero attached hydrogens (tertiary/aromatic N) is 4. The van der Waals surface area contributed by atoms with Crippen molar-refractivity contribution in [2.24, 2.45) is 5.92 Å². The Bertz CT molecular complexity index is 422. The lowest BCUT2D eigenvalue weighted by Crippen LogP contribution is -2.56. The SMILES string of the molecule is OCCN1CCN(CC2CCNCC2N2CCC(N3CCCC3)C2)CC1. The molecule has 0 aromatic rings. The van der Waals surface area contributed by atoms with Crippen LogP contribution >= 0.6 is 0 Å². The summed E-state index contributed by atoms with van der Waals surface area (Å²) < 4.78 is 0. The Labute approximate surface area is 159 Å². The summed E-state index contributed by atoms with van der Waals surface area (Å²) in [6, 6.07) is 1.55. The third kappa shape index (κ3) is 4.59. The van der Waals surface area contributed by atoms with Crippen LogP contribution < -0.4 is 5.32 Å². The number of piperazine rings is 1. The predicted octanol–water partition coefficient (Wildman–Crippen LogP) is -0.255. The van der Waals surface area contributed by atoms with E-state index < -0.39 is 0 Å². The van der Waals surface area contributed by atoms with Gasteiger partial charge in [0.05, 0.1) is 6.61 Å². The monoisotopic (exact) mass is 365 g/mol. The summed E-state index contributed by atoms with van der Waals surface area (Å²) in [6.45, 7) is 14.6. The van der Waals surface area contributed by atoms with Gasteiger partial charge in [0.25, 0.3) is 0 Å². The van der Waals surface area contributed by atoms with Crippen molar-refractivity contribution >= 4 is 0 Å². The molecule has 4 saturated heterocycles. The molecule has 0 bridgehead atoms. The molecular formula is C20H39N5O. The van der Waals surface area contributed by atoms with Gasteiger partial charge in [0, 0.05) is 71.0 Å². The molecule has 150 valence electrons. The smallest absolute Gasteiger partial charge is 0.0558 e. The van der Waals surface area contributed by atoms with Gasteiger partial charge < -0.3 is 15.3 Å². The largest absolute Gasteiger partial charge is 0.395 e. The third-order valence-electron chi connectivity index (χ3n) is 7.28. The van der Waals surface area contributed by atoms with Crippen LogP contribution in [0.5, 0.6) is 0 Å². The molecule has 3 atom stereocenters. The van der Waals surface area contributed by atoms with Crippen molar-refractivity contribution in [3.8, 4) is 0 Å². The normalized spacial score (nSPS) is 36.1. The summed E-state index contributed by atoms with van der Waals surface area (Å²) in [5.41, 5.74) is 0. The van der Waals surface area contributed by atoms with Gasteiger partial charge in [-0.05, 0) is 51.2 Å². The van der Waals surface area contributed by atoms with Gasteiger partial charge in [-0.2, -0.15) is 0 Å². The molecule has 26 heavy (non-hydrogen) atoms. The van der Waals surface area contributed by atoms with Crippen LogP contribution in [0.15, 0.2) is 0 Å². The van der Waals surface area contributed by atoms with Gasteiger partial charge in [0.1, 0.15) is 0 Å². The first-order valence-electron chi connectivity index (χ1n) is 11.1. The van der Waals surface area contributed by atoms with E-state index in [0.717, 1.165) is 37.6 Å². The van der Waals surface area contributed by atoms with E-state index in [1.54, 1.807) is 0 Å². The van der Waals surface area contributed by atoms with E-state index in [-0.39, 0.29) is 0 Å². The van der Waals surface area contributed by atoms with Crippen LogP contribution in [0.25, 0.3) is 0 Å². The summed E-state index contributed by atoms with van der Waals surface area (Å²) >= 11 is 0. The average Bonchev–Trinajstić information content (AvgIpc) is 3.36. The van der Waals surface area contributed by atoms with E-state index in [0.29, 0.717) is 6.61 Å². The van der Waals surface area contributed by atoms with E-state index in [1.807, 2.05) is 0 Å². The zero-order valence-corrected chi connectivity index (χ0v) is 16.5. The van der Waals surface area contributed by atoms with Gasteiger partial charge in [0.2, 0.25) is 0 Å². The van der Waals surface area contributed by atoms with Crippen molar-refractivity contribution in [1.82, 2.24) is 24.9 Å². The molecular weight excluding hydrogens is 326 g/mol. The van der Waals surface area contributed by atoms with Crippen LogP contribution in [0.2, 0.25) is 0 Å². The Balaban J connectivity index is 1.28. The first-order chi connectivity index (χ1) is 12.8. The van der Waals surface area contributed by atoms with E-state index in [2.05, 4.69) is 24.9 Å². The summed E-state index contributed by atoms with van der Waals surface area (Å²) in [4.78, 5) is 10.7. The molecule has 0 amide bonds. The Morgan fingerprint density at radius 1 is 0.846 bits per heavy atom. The molecule has 0 spiro atoms. The second-order valence-electron chi connectivity index (χ2n) is 8.87. The van der Waals surface area contributed by atoms with Gasteiger partial charge in [-0.3, -0.25) is 14.7 Å². The molecule has 6 heteroatoms. The third-order valence-corrected chi connectivity index (χ3v) is 7.28. The van der Waals surface area contributed by atoms with Crippen molar-refractivity contribution in [3.63, 3.8) is 0 Å². The quantitative estimate of drug-likeness (QED) is 0.677. The maximum atomic E-state index is 9.13. The molecule has 4 rings (SSSR count). The van der Waals surface area contributed by atoms with Crippen molar-refractivity contribution in [2.75, 3.05) is 85.1 Å². The topological polar surface area (TPSA) is 45.2 Å². The summed E-state index contributed by atoms with van der Waals surface area (Å²) in [7, 11) is 0. The molecule has 4 heterocycles. The molecule has 0 radical (unpaired) electrons. The molecule has 6 nitrogen and oxygen atoms in total. The maximum Gasteiger partial charge on any atom is 0.0558 e. The average molecular weight is 366 g/mol. The maximum absolute atomic E-state index is 9.13. The number of aliphatic hydroxyl groups is 1. The van der Waals surface area contributed by atoms with Crippen LogP contribution in [-0.2, 0) is 0 Å². The van der Waals surface area contributed by atoms with E-state index in [9.17, 15) is 0 Å². The fourth-order valence-electron chi connectivity index (χ4n) is 5.68. The minimum absolute atomic E-state index is 0.295. The molecule has 4 fully saturated rings. The summed E-state index contributed by atoms with van der Waals surface area (Å²) in [6.07, 6.45) is 5.52. The van der Waals surface area contributed by atoms with Crippen molar-refractivity contribution in [3.05, 3.63) is 0 Å². The highest BCUT2D eigenvalue weighted by molar-refractivity contribution is 4.94. The molecule has 4 aliphatic rings. The molecule has 3 unspecified atom stereocenters. The van der Waals surface area contributed by atoms with Gasteiger partial charge in [-0.15, -0.1) is 0 Å². The highest BCUT2D eigenvalue weighted by atomic mass is 16.3. The highest BCUT2D eigenvalue weighted by Crippen LogP contribution is 2.27. The standard InChI is InChI=1S/C20H39N5O/c26-14-13-22-9-11-23(12-10-22)16-18-3-5-21-15-20(18)25-8-4-19(17-25)24-6-1-2-7-24/h18-21,26H,1-17H2. The Morgan fingerprint density at radius 3 is 2.38 bits per heavy atom. The lowest BCUT2D eigenvalue weighted by Gasteiger charge is -2.43. The van der Waals surface area contributed by atoms with Crippen molar-refractivity contribution in [2.45, 2.75) is 37.8 Å². The van der Waals surface area contributed by atoms with Gasteiger partial charge in [-0.1, -0.05) is 0 Å². The molecule has 0 aromatic heterocycles. The predicted molar refractivity (Wildman–Crippen MR) is 106 cm³/mol. The number of β-amino-alcohol motifs (C(OH)–C–C–N with tert-alkyl or cyclic N) is 1.